The number of anilines is 1. The maximum atomic E-state index is 11.5. The lowest BCUT2D eigenvalue weighted by Crippen LogP contribution is -2.22. The zero-order valence-corrected chi connectivity index (χ0v) is 13.1. The van der Waals surface area contributed by atoms with Crippen molar-refractivity contribution >= 4 is 22.7 Å². The van der Waals surface area contributed by atoms with Crippen LogP contribution in [-0.2, 0) is 7.05 Å². The van der Waals surface area contributed by atoms with Gasteiger partial charge in [0.15, 0.2) is 5.65 Å². The molecule has 0 aliphatic carbocycles. The van der Waals surface area contributed by atoms with E-state index < -0.39 is 5.97 Å². The molecule has 0 fully saturated rings. The standard InChI is InChI=1S/C15H22N4O2/c1-5-6-7-8-18(3)13-11(15(20)21)9-16-14-12(13)10(2)17-19(14)4/h9H,5-8H2,1-4H3,(H,20,21). The van der Waals surface area contributed by atoms with Gasteiger partial charge in [-0.15, -0.1) is 0 Å². The molecule has 0 aliphatic rings. The second-order valence-electron chi connectivity index (χ2n) is 5.36. The van der Waals surface area contributed by atoms with Crippen molar-refractivity contribution in [2.24, 2.45) is 7.05 Å². The maximum absolute atomic E-state index is 11.5. The summed E-state index contributed by atoms with van der Waals surface area (Å²) in [6, 6.07) is 0. The molecule has 2 rings (SSSR count). The minimum Gasteiger partial charge on any atom is -0.478 e. The summed E-state index contributed by atoms with van der Waals surface area (Å²) in [7, 11) is 3.76. The van der Waals surface area contributed by atoms with Crippen molar-refractivity contribution in [2.45, 2.75) is 33.1 Å². The highest BCUT2D eigenvalue weighted by molar-refractivity contribution is 6.04. The van der Waals surface area contributed by atoms with Crippen LogP contribution in [0.1, 0.15) is 42.2 Å². The lowest BCUT2D eigenvalue weighted by molar-refractivity contribution is 0.0697. The van der Waals surface area contributed by atoms with Gasteiger partial charge in [-0.25, -0.2) is 9.78 Å². The number of carboxylic acids is 1. The van der Waals surface area contributed by atoms with Crippen LogP contribution < -0.4 is 4.90 Å². The number of unbranched alkanes of at least 4 members (excludes halogenated alkanes) is 2. The molecule has 6 nitrogen and oxygen atoms in total. The highest BCUT2D eigenvalue weighted by atomic mass is 16.4. The molecular formula is C15H22N4O2. The molecule has 0 spiro atoms. The Morgan fingerprint density at radius 3 is 2.76 bits per heavy atom. The van der Waals surface area contributed by atoms with Gasteiger partial charge >= 0.3 is 5.97 Å². The fraction of sp³-hybridized carbons (Fsp3) is 0.533. The van der Waals surface area contributed by atoms with Crippen molar-refractivity contribution in [1.82, 2.24) is 14.8 Å². The Kier molecular flexibility index (Phi) is 4.45. The Hall–Kier alpha value is -2.11. The number of aromatic nitrogens is 3. The van der Waals surface area contributed by atoms with Gasteiger partial charge in [-0.2, -0.15) is 5.10 Å². The number of carbonyl (C=O) groups is 1. The number of pyridine rings is 1. The smallest absolute Gasteiger partial charge is 0.339 e. The lowest BCUT2D eigenvalue weighted by atomic mass is 10.1. The first kappa shape index (κ1) is 15.3. The average Bonchev–Trinajstić information content (AvgIpc) is 2.73. The molecule has 6 heteroatoms. The van der Waals surface area contributed by atoms with Gasteiger partial charge in [-0.3, -0.25) is 4.68 Å². The first-order chi connectivity index (χ1) is 9.97. The van der Waals surface area contributed by atoms with Crippen LogP contribution in [0.5, 0.6) is 0 Å². The van der Waals surface area contributed by atoms with E-state index >= 15 is 0 Å². The summed E-state index contributed by atoms with van der Waals surface area (Å²) in [6.45, 7) is 4.86. The van der Waals surface area contributed by atoms with E-state index in [1.165, 1.54) is 6.20 Å². The Balaban J connectivity index is 2.56. The van der Waals surface area contributed by atoms with Gasteiger partial charge in [-0.05, 0) is 13.3 Å². The molecule has 0 saturated carbocycles. The molecule has 2 aromatic heterocycles. The van der Waals surface area contributed by atoms with Crippen LogP contribution in [0.2, 0.25) is 0 Å². The third kappa shape index (κ3) is 2.84. The minimum atomic E-state index is -0.954. The number of aryl methyl sites for hydroxylation is 2. The highest BCUT2D eigenvalue weighted by Gasteiger charge is 2.21. The summed E-state index contributed by atoms with van der Waals surface area (Å²) >= 11 is 0. The second-order valence-corrected chi connectivity index (χ2v) is 5.36. The molecule has 0 amide bonds. The molecule has 0 saturated heterocycles. The monoisotopic (exact) mass is 290 g/mol. The Morgan fingerprint density at radius 1 is 1.43 bits per heavy atom. The molecule has 2 heterocycles. The first-order valence-corrected chi connectivity index (χ1v) is 7.24. The normalized spacial score (nSPS) is 11.0. The van der Waals surface area contributed by atoms with Crippen molar-refractivity contribution < 1.29 is 9.90 Å². The van der Waals surface area contributed by atoms with Crippen molar-refractivity contribution in [2.75, 3.05) is 18.5 Å². The van der Waals surface area contributed by atoms with E-state index in [1.54, 1.807) is 4.68 Å². The fourth-order valence-electron chi connectivity index (χ4n) is 2.66. The van der Waals surface area contributed by atoms with Crippen molar-refractivity contribution in [1.29, 1.82) is 0 Å². The Bertz CT molecular complexity index is 663. The van der Waals surface area contributed by atoms with Crippen LogP contribution in [0.4, 0.5) is 5.69 Å². The van der Waals surface area contributed by atoms with E-state index in [-0.39, 0.29) is 5.56 Å². The minimum absolute atomic E-state index is 0.234. The molecule has 0 aliphatic heterocycles. The number of fused-ring (bicyclic) bond motifs is 1. The van der Waals surface area contributed by atoms with Gasteiger partial charge < -0.3 is 10.0 Å². The number of nitrogens with zero attached hydrogens (tertiary/aromatic N) is 4. The van der Waals surface area contributed by atoms with Gasteiger partial charge in [0.25, 0.3) is 0 Å². The largest absolute Gasteiger partial charge is 0.478 e. The zero-order chi connectivity index (χ0) is 15.6. The molecule has 0 unspecified atom stereocenters. The zero-order valence-electron chi connectivity index (χ0n) is 13.1. The third-order valence-electron chi connectivity index (χ3n) is 3.71. The molecule has 114 valence electrons. The van der Waals surface area contributed by atoms with Gasteiger partial charge in [0.2, 0.25) is 0 Å². The molecule has 0 bridgehead atoms. The van der Waals surface area contributed by atoms with Crippen LogP contribution in [0, 0.1) is 6.92 Å². The molecule has 1 N–H and O–H groups in total. The van der Waals surface area contributed by atoms with Gasteiger partial charge in [0.05, 0.1) is 16.8 Å². The van der Waals surface area contributed by atoms with Crippen LogP contribution in [-0.4, -0.2) is 39.4 Å². The Labute approximate surface area is 124 Å². The molecule has 0 atom stereocenters. The third-order valence-corrected chi connectivity index (χ3v) is 3.71. The fourth-order valence-corrected chi connectivity index (χ4v) is 2.66. The SMILES string of the molecule is CCCCCN(C)c1c(C(=O)O)cnc2c1c(C)nn2C. The van der Waals surface area contributed by atoms with Crippen LogP contribution >= 0.6 is 0 Å². The average molecular weight is 290 g/mol. The summed E-state index contributed by atoms with van der Waals surface area (Å²) in [6.07, 6.45) is 4.73. The van der Waals surface area contributed by atoms with Crippen LogP contribution in [0.3, 0.4) is 0 Å². The Morgan fingerprint density at radius 2 is 2.14 bits per heavy atom. The van der Waals surface area contributed by atoms with Gasteiger partial charge in [0.1, 0.15) is 5.56 Å². The topological polar surface area (TPSA) is 71.2 Å². The summed E-state index contributed by atoms with van der Waals surface area (Å²) in [5.41, 5.74) is 2.47. The van der Waals surface area contributed by atoms with E-state index in [0.717, 1.165) is 42.5 Å². The number of hydrogen-bond acceptors (Lipinski definition) is 4. The molecular weight excluding hydrogens is 268 g/mol. The number of aromatic carboxylic acids is 1. The van der Waals surface area contributed by atoms with Gasteiger partial charge in [0, 0.05) is 26.8 Å². The van der Waals surface area contributed by atoms with Crippen molar-refractivity contribution in [3.8, 4) is 0 Å². The summed E-state index contributed by atoms with van der Waals surface area (Å²) in [5.74, 6) is -0.954. The predicted molar refractivity (Wildman–Crippen MR) is 83.0 cm³/mol. The summed E-state index contributed by atoms with van der Waals surface area (Å²) in [5, 5.41) is 14.6. The van der Waals surface area contributed by atoms with E-state index in [2.05, 4.69) is 17.0 Å². The van der Waals surface area contributed by atoms with Crippen molar-refractivity contribution in [3.05, 3.63) is 17.5 Å². The number of carboxylic acid groups (broad SMARTS) is 1. The molecule has 0 radical (unpaired) electrons. The van der Waals surface area contributed by atoms with E-state index in [1.807, 2.05) is 25.9 Å². The number of rotatable bonds is 6. The van der Waals surface area contributed by atoms with Crippen LogP contribution in [0.15, 0.2) is 6.20 Å². The van der Waals surface area contributed by atoms with E-state index in [0.29, 0.717) is 5.69 Å². The summed E-state index contributed by atoms with van der Waals surface area (Å²) in [4.78, 5) is 17.8. The predicted octanol–water partition coefficient (Wildman–Crippen LogP) is 2.60. The lowest BCUT2D eigenvalue weighted by Gasteiger charge is -2.22. The van der Waals surface area contributed by atoms with Crippen molar-refractivity contribution in [3.63, 3.8) is 0 Å². The molecule has 2 aromatic rings. The quantitative estimate of drug-likeness (QED) is 0.828. The molecule has 21 heavy (non-hydrogen) atoms. The highest BCUT2D eigenvalue weighted by Crippen LogP contribution is 2.31. The van der Waals surface area contributed by atoms with Gasteiger partial charge in [-0.1, -0.05) is 19.8 Å². The maximum Gasteiger partial charge on any atom is 0.339 e. The summed E-state index contributed by atoms with van der Waals surface area (Å²) < 4.78 is 1.69. The van der Waals surface area contributed by atoms with E-state index in [4.69, 9.17) is 0 Å². The van der Waals surface area contributed by atoms with E-state index in [9.17, 15) is 9.90 Å². The number of hydrogen-bond donors (Lipinski definition) is 1. The molecule has 0 aromatic carbocycles. The van der Waals surface area contributed by atoms with Crippen LogP contribution in [0.25, 0.3) is 11.0 Å². The second kappa shape index (κ2) is 6.11. The first-order valence-electron chi connectivity index (χ1n) is 7.24.